The minimum absolute atomic E-state index is 0.527. The standard InChI is InChI=1S/C16H23ClO4/c1-3-5-7-11-9-10-13(14(18)19)16(17,15(20)21)12(11)8-6-4-2/h9-10,13H,3-8H2,1-2H3,(H,18,19)(H,20,21). The molecule has 2 N–H and O–H groups in total. The Labute approximate surface area is 130 Å². The highest BCUT2D eigenvalue weighted by atomic mass is 35.5. The molecule has 118 valence electrons. The van der Waals surface area contributed by atoms with Gasteiger partial charge in [0.2, 0.25) is 0 Å². The third-order valence-corrected chi connectivity index (χ3v) is 4.53. The molecule has 0 fully saturated rings. The number of hydrogen-bond acceptors (Lipinski definition) is 2. The van der Waals surface area contributed by atoms with Crippen LogP contribution in [0.3, 0.4) is 0 Å². The minimum atomic E-state index is -1.86. The summed E-state index contributed by atoms with van der Waals surface area (Å²) in [6, 6.07) is 0. The second-order valence-electron chi connectivity index (χ2n) is 5.40. The van der Waals surface area contributed by atoms with Crippen LogP contribution < -0.4 is 0 Å². The van der Waals surface area contributed by atoms with Gasteiger partial charge in [-0.25, -0.2) is 4.79 Å². The molecule has 1 aliphatic carbocycles. The van der Waals surface area contributed by atoms with Crippen molar-refractivity contribution in [2.24, 2.45) is 5.92 Å². The zero-order valence-corrected chi connectivity index (χ0v) is 13.3. The van der Waals surface area contributed by atoms with Gasteiger partial charge in [-0.3, -0.25) is 4.79 Å². The van der Waals surface area contributed by atoms with Crippen molar-refractivity contribution in [3.8, 4) is 0 Å². The molecule has 2 atom stereocenters. The lowest BCUT2D eigenvalue weighted by Crippen LogP contribution is -2.47. The van der Waals surface area contributed by atoms with E-state index in [9.17, 15) is 19.8 Å². The lowest BCUT2D eigenvalue weighted by molar-refractivity contribution is -0.149. The number of carboxylic acid groups (broad SMARTS) is 2. The van der Waals surface area contributed by atoms with E-state index in [2.05, 4.69) is 6.92 Å². The average molecular weight is 315 g/mol. The van der Waals surface area contributed by atoms with Crippen LogP contribution in [0.15, 0.2) is 23.3 Å². The van der Waals surface area contributed by atoms with Gasteiger partial charge in [-0.15, -0.1) is 11.6 Å². The second kappa shape index (κ2) is 7.64. The Bertz CT molecular complexity index is 467. The minimum Gasteiger partial charge on any atom is -0.481 e. The fourth-order valence-corrected chi connectivity index (χ4v) is 3.06. The van der Waals surface area contributed by atoms with Crippen LogP contribution in [0.25, 0.3) is 0 Å². The number of carbonyl (C=O) groups is 2. The summed E-state index contributed by atoms with van der Waals surface area (Å²) in [6.07, 6.45) is 8.06. The SMILES string of the molecule is CCCCC1=C(CCCC)C(Cl)(C(=O)O)C(C(=O)O)C=C1. The number of alkyl halides is 1. The highest BCUT2D eigenvalue weighted by Crippen LogP contribution is 2.43. The molecular weight excluding hydrogens is 292 g/mol. The van der Waals surface area contributed by atoms with Crippen LogP contribution in [0.2, 0.25) is 0 Å². The van der Waals surface area contributed by atoms with Crippen LogP contribution in [0.4, 0.5) is 0 Å². The van der Waals surface area contributed by atoms with Crippen molar-refractivity contribution in [2.45, 2.75) is 57.2 Å². The average Bonchev–Trinajstić information content (AvgIpc) is 2.43. The molecular formula is C16H23ClO4. The van der Waals surface area contributed by atoms with E-state index in [0.717, 1.165) is 37.7 Å². The van der Waals surface area contributed by atoms with E-state index < -0.39 is 22.7 Å². The number of carboxylic acids is 2. The van der Waals surface area contributed by atoms with Crippen LogP contribution in [0.5, 0.6) is 0 Å². The van der Waals surface area contributed by atoms with Gasteiger partial charge >= 0.3 is 11.9 Å². The maximum Gasteiger partial charge on any atom is 0.330 e. The van der Waals surface area contributed by atoms with E-state index in [4.69, 9.17) is 11.6 Å². The van der Waals surface area contributed by atoms with Crippen molar-refractivity contribution in [3.05, 3.63) is 23.3 Å². The maximum absolute atomic E-state index is 11.7. The molecule has 1 aliphatic rings. The van der Waals surface area contributed by atoms with E-state index >= 15 is 0 Å². The first-order valence-electron chi connectivity index (χ1n) is 7.45. The third-order valence-electron chi connectivity index (χ3n) is 3.90. The van der Waals surface area contributed by atoms with Crippen molar-refractivity contribution in [2.75, 3.05) is 0 Å². The van der Waals surface area contributed by atoms with Gasteiger partial charge in [0.25, 0.3) is 0 Å². The molecule has 0 heterocycles. The number of unbranched alkanes of at least 4 members (excludes halogenated alkanes) is 2. The van der Waals surface area contributed by atoms with Crippen LogP contribution in [-0.4, -0.2) is 27.0 Å². The Morgan fingerprint density at radius 1 is 1.19 bits per heavy atom. The van der Waals surface area contributed by atoms with Gasteiger partial charge in [-0.1, -0.05) is 38.8 Å². The normalized spacial score (nSPS) is 25.2. The zero-order valence-electron chi connectivity index (χ0n) is 12.6. The number of allylic oxidation sites excluding steroid dienone is 2. The molecule has 1 rings (SSSR count). The molecule has 0 aromatic heterocycles. The predicted molar refractivity (Wildman–Crippen MR) is 82.6 cm³/mol. The summed E-state index contributed by atoms with van der Waals surface area (Å²) in [7, 11) is 0. The van der Waals surface area contributed by atoms with Gasteiger partial charge in [0, 0.05) is 0 Å². The largest absolute Gasteiger partial charge is 0.481 e. The van der Waals surface area contributed by atoms with Crippen LogP contribution in [-0.2, 0) is 9.59 Å². The lowest BCUT2D eigenvalue weighted by Gasteiger charge is -2.34. The van der Waals surface area contributed by atoms with Crippen LogP contribution in [0.1, 0.15) is 52.4 Å². The molecule has 0 spiro atoms. The molecule has 2 unspecified atom stereocenters. The summed E-state index contributed by atoms with van der Waals surface area (Å²) >= 11 is 6.36. The quantitative estimate of drug-likeness (QED) is 0.664. The van der Waals surface area contributed by atoms with Crippen molar-refractivity contribution in [1.82, 2.24) is 0 Å². The van der Waals surface area contributed by atoms with Gasteiger partial charge < -0.3 is 10.2 Å². The van der Waals surface area contributed by atoms with Crippen molar-refractivity contribution in [1.29, 1.82) is 0 Å². The topological polar surface area (TPSA) is 74.6 Å². The monoisotopic (exact) mass is 314 g/mol. The fourth-order valence-electron chi connectivity index (χ4n) is 2.68. The van der Waals surface area contributed by atoms with Crippen LogP contribution in [0, 0.1) is 5.92 Å². The smallest absolute Gasteiger partial charge is 0.330 e. The molecule has 4 nitrogen and oxygen atoms in total. The van der Waals surface area contributed by atoms with Crippen LogP contribution >= 0.6 is 11.6 Å². The van der Waals surface area contributed by atoms with Gasteiger partial charge in [0.15, 0.2) is 4.87 Å². The molecule has 0 aliphatic heterocycles. The predicted octanol–water partition coefficient (Wildman–Crippen LogP) is 4.00. The molecule has 0 radical (unpaired) electrons. The lowest BCUT2D eigenvalue weighted by atomic mass is 9.75. The highest BCUT2D eigenvalue weighted by Gasteiger charge is 2.52. The van der Waals surface area contributed by atoms with E-state index in [0.29, 0.717) is 12.0 Å². The number of aliphatic carboxylic acids is 2. The Hall–Kier alpha value is -1.29. The molecule has 0 saturated heterocycles. The summed E-state index contributed by atoms with van der Waals surface area (Å²) < 4.78 is 0. The van der Waals surface area contributed by atoms with Crippen molar-refractivity contribution < 1.29 is 19.8 Å². The fraction of sp³-hybridized carbons (Fsp3) is 0.625. The van der Waals surface area contributed by atoms with E-state index in [1.807, 2.05) is 6.92 Å². The molecule has 0 saturated carbocycles. The second-order valence-corrected chi connectivity index (χ2v) is 6.00. The number of halogens is 1. The summed E-state index contributed by atoms with van der Waals surface area (Å²) in [5.41, 5.74) is 1.46. The first kappa shape index (κ1) is 17.8. The van der Waals surface area contributed by atoms with Crippen molar-refractivity contribution >= 4 is 23.5 Å². The van der Waals surface area contributed by atoms with E-state index in [-0.39, 0.29) is 0 Å². The summed E-state index contributed by atoms with van der Waals surface area (Å²) in [5, 5.41) is 18.9. The van der Waals surface area contributed by atoms with Gasteiger partial charge in [0.1, 0.15) is 5.92 Å². The van der Waals surface area contributed by atoms with Gasteiger partial charge in [-0.2, -0.15) is 0 Å². The Kier molecular flexibility index (Phi) is 6.46. The Morgan fingerprint density at radius 3 is 2.24 bits per heavy atom. The first-order chi connectivity index (χ1) is 9.89. The first-order valence-corrected chi connectivity index (χ1v) is 7.83. The summed E-state index contributed by atoms with van der Waals surface area (Å²) in [6.45, 7) is 4.07. The molecule has 21 heavy (non-hydrogen) atoms. The third kappa shape index (κ3) is 3.67. The molecule has 0 aromatic carbocycles. The molecule has 5 heteroatoms. The maximum atomic E-state index is 11.7. The van der Waals surface area contributed by atoms with Gasteiger partial charge in [-0.05, 0) is 36.8 Å². The Balaban J connectivity index is 3.30. The van der Waals surface area contributed by atoms with E-state index in [1.165, 1.54) is 6.08 Å². The van der Waals surface area contributed by atoms with Crippen molar-refractivity contribution in [3.63, 3.8) is 0 Å². The molecule has 0 amide bonds. The Morgan fingerprint density at radius 2 is 1.76 bits per heavy atom. The summed E-state index contributed by atoms with van der Waals surface area (Å²) in [5.74, 6) is -3.71. The summed E-state index contributed by atoms with van der Waals surface area (Å²) in [4.78, 5) is 21.3. The number of hydrogen-bond donors (Lipinski definition) is 2. The molecule has 0 bridgehead atoms. The van der Waals surface area contributed by atoms with Gasteiger partial charge in [0.05, 0.1) is 0 Å². The zero-order chi connectivity index (χ0) is 16.0. The van der Waals surface area contributed by atoms with E-state index in [1.54, 1.807) is 6.08 Å². The molecule has 0 aromatic rings. The number of rotatable bonds is 8. The highest BCUT2D eigenvalue weighted by molar-refractivity contribution is 6.38.